The number of hydrogen-bond donors (Lipinski definition) is 2. The molecule has 3 N–H and O–H groups in total. The molecule has 1 rings (SSSR count). The number of aromatic nitrogens is 2. The average Bonchev–Trinajstić information content (AvgIpc) is 2.62. The Morgan fingerprint density at radius 1 is 1.72 bits per heavy atom. The zero-order valence-corrected chi connectivity index (χ0v) is 11.0. The maximum atomic E-state index is 11.3. The topological polar surface area (TPSA) is 118 Å². The molecule has 0 saturated carbocycles. The van der Waals surface area contributed by atoms with E-state index in [2.05, 4.69) is 10.3 Å². The molecule has 2 atom stereocenters. The van der Waals surface area contributed by atoms with Crippen molar-refractivity contribution in [1.82, 2.24) is 14.9 Å². The van der Waals surface area contributed by atoms with Gasteiger partial charge in [-0.1, -0.05) is 13.0 Å². The van der Waals surface area contributed by atoms with Crippen LogP contribution in [0.2, 0.25) is 0 Å². The summed E-state index contributed by atoms with van der Waals surface area (Å²) in [5, 5.41) is 20.5. The predicted octanol–water partition coefficient (Wildman–Crippen LogP) is -0.777. The third kappa shape index (κ3) is 4.87. The molecular weight excluding hydrogens is 286 g/mol. The van der Waals surface area contributed by atoms with Gasteiger partial charge in [-0.2, -0.15) is 0 Å². The van der Waals surface area contributed by atoms with Crippen LogP contribution in [0, 0.1) is 5.41 Å². The molecule has 0 aliphatic rings. The average molecular weight is 301 g/mol. The monoisotopic (exact) mass is 300 g/mol. The van der Waals surface area contributed by atoms with Crippen LogP contribution < -0.4 is 10.4 Å². The van der Waals surface area contributed by atoms with Crippen LogP contribution in [0.15, 0.2) is 12.5 Å². The number of carbonyl (C=O) groups is 1. The molecule has 8 heteroatoms. The molecule has 1 aromatic rings. The Balaban J connectivity index is 0.00000289. The van der Waals surface area contributed by atoms with E-state index in [0.717, 1.165) is 0 Å². The molecule has 2 unspecified atom stereocenters. The van der Waals surface area contributed by atoms with Crippen LogP contribution in [0.4, 0.5) is 0 Å². The molecule has 0 fully saturated rings. The van der Waals surface area contributed by atoms with Crippen molar-refractivity contribution in [1.29, 1.82) is 5.41 Å². The summed E-state index contributed by atoms with van der Waals surface area (Å²) in [5.41, 5.74) is 7.82. The van der Waals surface area contributed by atoms with Crippen molar-refractivity contribution < 1.29 is 27.0 Å². The summed E-state index contributed by atoms with van der Waals surface area (Å²) < 4.78 is 1.72. The van der Waals surface area contributed by atoms with Gasteiger partial charge in [0.1, 0.15) is 0 Å². The van der Waals surface area contributed by atoms with E-state index in [-0.39, 0.29) is 23.5 Å². The Labute approximate surface area is 116 Å². The molecule has 1 amide bonds. The normalized spacial score (nSPS) is 13.3. The van der Waals surface area contributed by atoms with E-state index in [1.54, 1.807) is 24.1 Å². The van der Waals surface area contributed by atoms with Crippen LogP contribution in [-0.4, -0.2) is 33.4 Å². The second-order valence-corrected chi connectivity index (χ2v) is 3.88. The van der Waals surface area contributed by atoms with Crippen molar-refractivity contribution in [2.75, 3.05) is 0 Å². The molecule has 18 heavy (non-hydrogen) atoms. The molecule has 0 spiro atoms. The van der Waals surface area contributed by atoms with Crippen molar-refractivity contribution in [2.45, 2.75) is 25.4 Å². The summed E-state index contributed by atoms with van der Waals surface area (Å²) >= 11 is 0. The third-order valence-corrected chi connectivity index (χ3v) is 2.20. The van der Waals surface area contributed by atoms with Gasteiger partial charge in [0.05, 0.1) is 18.1 Å². The van der Waals surface area contributed by atoms with Crippen LogP contribution in [0.5, 0.6) is 0 Å². The van der Waals surface area contributed by atoms with E-state index in [4.69, 9.17) is 11.1 Å². The van der Waals surface area contributed by atoms with Gasteiger partial charge in [-0.25, -0.2) is 4.98 Å². The molecule has 0 bridgehead atoms. The number of nitrogens with zero attached hydrogens (tertiary/aromatic N) is 2. The molecule has 7 nitrogen and oxygen atoms in total. The number of imidazole rings is 1. The van der Waals surface area contributed by atoms with Gasteiger partial charge in [-0.3, -0.25) is 4.79 Å². The third-order valence-electron chi connectivity index (χ3n) is 2.20. The summed E-state index contributed by atoms with van der Waals surface area (Å²) in [6.45, 7) is 1.40. The van der Waals surface area contributed by atoms with Gasteiger partial charge in [0.25, 0.3) is 0 Å². The van der Waals surface area contributed by atoms with E-state index in [1.165, 1.54) is 6.92 Å². The Hall–Kier alpha value is -1.37. The quantitative estimate of drug-likeness (QED) is 0.422. The van der Waals surface area contributed by atoms with Crippen LogP contribution in [0.3, 0.4) is 0 Å². The first-order valence-corrected chi connectivity index (χ1v) is 5.14. The van der Waals surface area contributed by atoms with Crippen molar-refractivity contribution in [2.24, 2.45) is 7.05 Å². The van der Waals surface area contributed by atoms with Crippen molar-refractivity contribution >= 4 is 11.8 Å². The minimum Gasteiger partial charge on any atom is -0.861 e. The van der Waals surface area contributed by atoms with Crippen molar-refractivity contribution in [3.05, 3.63) is 24.0 Å². The van der Waals surface area contributed by atoms with Crippen LogP contribution in [-0.2, 0) is 35.3 Å². The van der Waals surface area contributed by atoms with Gasteiger partial charge in [-0.05, 0) is 5.90 Å². The van der Waals surface area contributed by atoms with Gasteiger partial charge in [-0.15, -0.1) is 0 Å². The first-order chi connectivity index (χ1) is 7.90. The number of carbonyl (C=O) groups excluding carboxylic acids is 1. The molecule has 0 aliphatic heterocycles. The second kappa shape index (κ2) is 7.15. The Morgan fingerprint density at radius 2 is 2.33 bits per heavy atom. The number of amides is 1. The largest absolute Gasteiger partial charge is 2.00 e. The molecule has 103 valence electrons. The zero-order chi connectivity index (χ0) is 13.0. The summed E-state index contributed by atoms with van der Waals surface area (Å²) in [6, 6.07) is -1.90. The smallest absolute Gasteiger partial charge is 0.861 e. The summed E-state index contributed by atoms with van der Waals surface area (Å²) in [5.74, 6) is -1.45. The maximum Gasteiger partial charge on any atom is 2.00 e. The van der Waals surface area contributed by atoms with Crippen LogP contribution in [0.1, 0.15) is 12.6 Å². The van der Waals surface area contributed by atoms with Gasteiger partial charge >= 0.3 is 17.1 Å². The summed E-state index contributed by atoms with van der Waals surface area (Å²) in [6.07, 6.45) is 3.46. The summed E-state index contributed by atoms with van der Waals surface area (Å²) in [4.78, 5) is 15.3. The molecule has 1 heterocycles. The molecule has 0 aromatic carbocycles. The van der Waals surface area contributed by atoms with E-state index >= 15 is 0 Å². The number of rotatable bonds is 5. The van der Waals surface area contributed by atoms with Crippen LogP contribution >= 0.6 is 0 Å². The number of aryl methyl sites for hydroxylation is 1. The van der Waals surface area contributed by atoms with E-state index in [9.17, 15) is 9.90 Å². The minimum atomic E-state index is -0.958. The van der Waals surface area contributed by atoms with Crippen LogP contribution in [0.25, 0.3) is 5.73 Å². The second-order valence-electron chi connectivity index (χ2n) is 3.88. The SMILES string of the molecule is CC([NH-])C(=O)NC(Cc1cn(C)cn1)C(=N)[O-].[Cu+2]. The Morgan fingerprint density at radius 3 is 2.72 bits per heavy atom. The van der Waals surface area contributed by atoms with Gasteiger partial charge in [0.15, 0.2) is 0 Å². The van der Waals surface area contributed by atoms with Crippen molar-refractivity contribution in [3.8, 4) is 0 Å². The van der Waals surface area contributed by atoms with Gasteiger partial charge in [0.2, 0.25) is 5.91 Å². The Kier molecular flexibility index (Phi) is 6.61. The van der Waals surface area contributed by atoms with E-state index in [0.29, 0.717) is 5.69 Å². The standard InChI is InChI=1S/C10H16N5O2.Cu/c1-6(11)10(17)14-8(9(12)16)3-7-4-15(2)5-13-7;/h4-6,8,11H,3H2,1-2H3,(H2,12,16)(H,14,17);/q-1;+2/p-1. The molecule has 0 aliphatic carbocycles. The molecule has 0 saturated heterocycles. The molecule has 1 aromatic heterocycles. The van der Waals surface area contributed by atoms with Crippen molar-refractivity contribution in [3.63, 3.8) is 0 Å². The summed E-state index contributed by atoms with van der Waals surface area (Å²) in [7, 11) is 1.79. The van der Waals surface area contributed by atoms with Gasteiger partial charge < -0.3 is 26.1 Å². The molecule has 1 radical (unpaired) electrons. The van der Waals surface area contributed by atoms with E-state index < -0.39 is 23.9 Å². The Bertz CT molecular complexity index is 418. The van der Waals surface area contributed by atoms with E-state index in [1.807, 2.05) is 0 Å². The fraction of sp³-hybridized carbons (Fsp3) is 0.500. The first-order valence-electron chi connectivity index (χ1n) is 5.14. The zero-order valence-electron chi connectivity index (χ0n) is 10.0. The van der Waals surface area contributed by atoms with Gasteiger partial charge in [0, 0.05) is 19.7 Å². The predicted molar refractivity (Wildman–Crippen MR) is 60.4 cm³/mol. The fourth-order valence-electron chi connectivity index (χ4n) is 1.29. The number of nitrogens with one attached hydrogen (secondary N) is 3. The number of hydrogen-bond acceptors (Lipinski definition) is 4. The first kappa shape index (κ1) is 16.6. The minimum absolute atomic E-state index is 0. The fourth-order valence-corrected chi connectivity index (χ4v) is 1.29. The molecular formula is C10H15CuN5O2. The maximum absolute atomic E-state index is 11.3.